The van der Waals surface area contributed by atoms with Crippen molar-refractivity contribution >= 4 is 0 Å². The number of halogens is 2. The monoisotopic (exact) mass is 284 g/mol. The Morgan fingerprint density at radius 1 is 1.30 bits per heavy atom. The lowest BCUT2D eigenvalue weighted by Gasteiger charge is -2.27. The second-order valence-corrected chi connectivity index (χ2v) is 5.77. The molecule has 3 nitrogen and oxygen atoms in total. The first-order chi connectivity index (χ1) is 9.45. The lowest BCUT2D eigenvalue weighted by atomic mass is 10.0. The number of nitrogens with one attached hydrogen (secondary N) is 1. The van der Waals surface area contributed by atoms with E-state index < -0.39 is 11.6 Å². The zero-order valence-electron chi connectivity index (χ0n) is 12.0. The maximum absolute atomic E-state index is 13.3. The molecule has 1 aliphatic rings. The number of nitrogens with zero attached hydrogens (tertiary/aromatic N) is 1. The highest BCUT2D eigenvalue weighted by atomic mass is 19.1. The van der Waals surface area contributed by atoms with Crippen LogP contribution in [0.3, 0.4) is 0 Å². The van der Waals surface area contributed by atoms with Gasteiger partial charge in [-0.15, -0.1) is 0 Å². The molecule has 5 heteroatoms. The topological polar surface area (TPSA) is 35.5 Å². The summed E-state index contributed by atoms with van der Waals surface area (Å²) in [7, 11) is 1.94. The van der Waals surface area contributed by atoms with Crippen LogP contribution in [0.1, 0.15) is 25.3 Å². The van der Waals surface area contributed by atoms with Gasteiger partial charge in [0.2, 0.25) is 0 Å². The first-order valence-electron chi connectivity index (χ1n) is 6.99. The minimum absolute atomic E-state index is 0.128. The van der Waals surface area contributed by atoms with Gasteiger partial charge in [-0.05, 0) is 44.5 Å². The van der Waals surface area contributed by atoms with Crippen LogP contribution < -0.4 is 5.32 Å². The molecular formula is C15H22F2N2O. The molecule has 0 spiro atoms. The average molecular weight is 284 g/mol. The van der Waals surface area contributed by atoms with Gasteiger partial charge in [-0.25, -0.2) is 8.78 Å². The van der Waals surface area contributed by atoms with E-state index in [4.69, 9.17) is 5.11 Å². The summed E-state index contributed by atoms with van der Waals surface area (Å²) in [6, 6.07) is 3.90. The first-order valence-corrected chi connectivity index (χ1v) is 6.99. The fourth-order valence-corrected chi connectivity index (χ4v) is 2.72. The molecule has 1 aliphatic carbocycles. The van der Waals surface area contributed by atoms with Crippen LogP contribution in [0.2, 0.25) is 0 Å². The van der Waals surface area contributed by atoms with Crippen LogP contribution in [-0.2, 0) is 5.54 Å². The molecule has 1 aromatic carbocycles. The first kappa shape index (κ1) is 15.4. The fourth-order valence-electron chi connectivity index (χ4n) is 2.72. The normalized spacial score (nSPS) is 18.3. The van der Waals surface area contributed by atoms with Crippen molar-refractivity contribution in [1.82, 2.24) is 10.2 Å². The quantitative estimate of drug-likeness (QED) is 0.802. The molecule has 2 rings (SSSR count). The van der Waals surface area contributed by atoms with Gasteiger partial charge in [-0.3, -0.25) is 0 Å². The Bertz CT molecular complexity index is 443. The second kappa shape index (κ2) is 6.16. The number of hydrogen-bond donors (Lipinski definition) is 2. The molecule has 0 aliphatic heterocycles. The molecule has 1 atom stereocenters. The van der Waals surface area contributed by atoms with Crippen molar-refractivity contribution in [3.8, 4) is 0 Å². The highest BCUT2D eigenvalue weighted by Gasteiger charge is 2.45. The second-order valence-electron chi connectivity index (χ2n) is 5.77. The van der Waals surface area contributed by atoms with E-state index in [1.54, 1.807) is 0 Å². The van der Waals surface area contributed by atoms with Crippen LogP contribution in [0.5, 0.6) is 0 Å². The fraction of sp³-hybridized carbons (Fsp3) is 0.600. The molecule has 20 heavy (non-hydrogen) atoms. The van der Waals surface area contributed by atoms with Crippen molar-refractivity contribution < 1.29 is 13.9 Å². The number of likely N-dealkylation sites (N-methyl/N-ethyl adjacent to an activating group) is 1. The smallest absolute Gasteiger partial charge is 0.126 e. The number of aliphatic hydroxyl groups is 1. The predicted octanol–water partition coefficient (Wildman–Crippen LogP) is 1.86. The average Bonchev–Trinajstić information content (AvgIpc) is 3.08. The molecule has 0 radical (unpaired) electrons. The largest absolute Gasteiger partial charge is 0.395 e. The molecule has 0 saturated heterocycles. The SMILES string of the molecule is CC(CN(C)CCO)NC1(c2cc(F)cc(F)c2)CC1. The molecule has 1 unspecified atom stereocenters. The van der Waals surface area contributed by atoms with E-state index >= 15 is 0 Å². The van der Waals surface area contributed by atoms with Crippen LogP contribution in [0.15, 0.2) is 18.2 Å². The van der Waals surface area contributed by atoms with E-state index in [0.29, 0.717) is 12.1 Å². The summed E-state index contributed by atoms with van der Waals surface area (Å²) in [5.41, 5.74) is 0.397. The van der Waals surface area contributed by atoms with E-state index in [-0.39, 0.29) is 18.2 Å². The number of benzene rings is 1. The van der Waals surface area contributed by atoms with Crippen molar-refractivity contribution in [3.05, 3.63) is 35.4 Å². The standard InChI is InChI=1S/C15H22F2N2O/c1-11(10-19(2)5-6-20)18-15(3-4-15)12-7-13(16)9-14(17)8-12/h7-9,11,18,20H,3-6,10H2,1-2H3. The highest BCUT2D eigenvalue weighted by molar-refractivity contribution is 5.31. The molecular weight excluding hydrogens is 262 g/mol. The van der Waals surface area contributed by atoms with E-state index in [9.17, 15) is 8.78 Å². The van der Waals surface area contributed by atoms with Gasteiger partial charge >= 0.3 is 0 Å². The van der Waals surface area contributed by atoms with Crippen molar-refractivity contribution in [2.45, 2.75) is 31.3 Å². The van der Waals surface area contributed by atoms with Crippen molar-refractivity contribution in [1.29, 1.82) is 0 Å². The molecule has 112 valence electrons. The minimum Gasteiger partial charge on any atom is -0.395 e. The van der Waals surface area contributed by atoms with Gasteiger partial charge in [-0.1, -0.05) is 0 Å². The lowest BCUT2D eigenvalue weighted by Crippen LogP contribution is -2.43. The van der Waals surface area contributed by atoms with Gasteiger partial charge in [0.25, 0.3) is 0 Å². The summed E-state index contributed by atoms with van der Waals surface area (Å²) in [5, 5.41) is 12.4. The van der Waals surface area contributed by atoms with Crippen LogP contribution in [-0.4, -0.2) is 42.8 Å². The molecule has 0 aromatic heterocycles. The van der Waals surface area contributed by atoms with Gasteiger partial charge in [0.05, 0.1) is 6.61 Å². The van der Waals surface area contributed by atoms with Crippen molar-refractivity contribution in [3.63, 3.8) is 0 Å². The summed E-state index contributed by atoms with van der Waals surface area (Å²) in [6.45, 7) is 3.57. The number of aliphatic hydroxyl groups excluding tert-OH is 1. The zero-order chi connectivity index (χ0) is 14.8. The molecule has 0 bridgehead atoms. The molecule has 0 amide bonds. The number of hydrogen-bond acceptors (Lipinski definition) is 3. The molecule has 1 fully saturated rings. The van der Waals surface area contributed by atoms with Gasteiger partial charge in [0, 0.05) is 30.7 Å². The Labute approximate surface area is 118 Å². The van der Waals surface area contributed by atoms with E-state index in [0.717, 1.165) is 25.5 Å². The maximum Gasteiger partial charge on any atom is 0.126 e. The van der Waals surface area contributed by atoms with Gasteiger partial charge in [-0.2, -0.15) is 0 Å². The van der Waals surface area contributed by atoms with Crippen LogP contribution in [0.25, 0.3) is 0 Å². The van der Waals surface area contributed by atoms with Crippen LogP contribution in [0, 0.1) is 11.6 Å². The summed E-state index contributed by atoms with van der Waals surface area (Å²) >= 11 is 0. The van der Waals surface area contributed by atoms with E-state index in [2.05, 4.69) is 5.32 Å². The Kier molecular flexibility index (Phi) is 4.73. The van der Waals surface area contributed by atoms with Gasteiger partial charge in [0.1, 0.15) is 11.6 Å². The third-order valence-corrected chi connectivity index (χ3v) is 3.76. The number of rotatable bonds is 7. The maximum atomic E-state index is 13.3. The summed E-state index contributed by atoms with van der Waals surface area (Å²) < 4.78 is 26.7. The summed E-state index contributed by atoms with van der Waals surface area (Å²) in [4.78, 5) is 2.03. The Morgan fingerprint density at radius 3 is 2.40 bits per heavy atom. The minimum atomic E-state index is -0.530. The summed E-state index contributed by atoms with van der Waals surface area (Å²) in [5.74, 6) is -1.06. The van der Waals surface area contributed by atoms with Crippen molar-refractivity contribution in [2.24, 2.45) is 0 Å². The zero-order valence-corrected chi connectivity index (χ0v) is 12.0. The third kappa shape index (κ3) is 3.75. The van der Waals surface area contributed by atoms with E-state index in [1.165, 1.54) is 12.1 Å². The third-order valence-electron chi connectivity index (χ3n) is 3.76. The van der Waals surface area contributed by atoms with Gasteiger partial charge < -0.3 is 15.3 Å². The highest BCUT2D eigenvalue weighted by Crippen LogP contribution is 2.46. The Hall–Kier alpha value is -1.04. The Morgan fingerprint density at radius 2 is 1.90 bits per heavy atom. The summed E-state index contributed by atoms with van der Waals surface area (Å²) in [6.07, 6.45) is 1.79. The predicted molar refractivity (Wildman–Crippen MR) is 74.5 cm³/mol. The lowest BCUT2D eigenvalue weighted by molar-refractivity contribution is 0.206. The molecule has 2 N–H and O–H groups in total. The Balaban J connectivity index is 2.01. The van der Waals surface area contributed by atoms with Gasteiger partial charge in [0.15, 0.2) is 0 Å². The molecule has 1 aromatic rings. The van der Waals surface area contributed by atoms with Crippen LogP contribution >= 0.6 is 0 Å². The molecule has 1 saturated carbocycles. The molecule has 0 heterocycles. The van der Waals surface area contributed by atoms with E-state index in [1.807, 2.05) is 18.9 Å². The van der Waals surface area contributed by atoms with Crippen LogP contribution in [0.4, 0.5) is 8.78 Å². The van der Waals surface area contributed by atoms with Crippen molar-refractivity contribution in [2.75, 3.05) is 26.7 Å².